The minimum Gasteiger partial charge on any atom is -0.303 e. The lowest BCUT2D eigenvalue weighted by molar-refractivity contribution is -0.137. The van der Waals surface area contributed by atoms with Crippen LogP contribution in [0, 0.1) is 5.41 Å². The second kappa shape index (κ2) is 3.84. The fourth-order valence-electron chi connectivity index (χ4n) is 2.75. The summed E-state index contributed by atoms with van der Waals surface area (Å²) in [7, 11) is 1.56. The van der Waals surface area contributed by atoms with Crippen LogP contribution in [0.1, 0.15) is 39.5 Å². The Hall–Kier alpha value is -0.900. The first-order chi connectivity index (χ1) is 7.39. The number of amides is 2. The number of carbonyl (C=O) groups excluding carboxylic acids is 2. The molecular weight excluding hydrogens is 204 g/mol. The average Bonchev–Trinajstić information content (AvgIpc) is 2.64. The van der Waals surface area contributed by atoms with E-state index in [0.717, 1.165) is 12.8 Å². The van der Waals surface area contributed by atoms with Gasteiger partial charge in [-0.25, -0.2) is 0 Å². The number of hydrogen-bond donors (Lipinski definition) is 1. The van der Waals surface area contributed by atoms with Crippen LogP contribution in [0.5, 0.6) is 0 Å². The van der Waals surface area contributed by atoms with Crippen LogP contribution < -0.4 is 5.32 Å². The molecule has 4 nitrogen and oxygen atoms in total. The Morgan fingerprint density at radius 2 is 2.06 bits per heavy atom. The first-order valence-corrected chi connectivity index (χ1v) is 5.95. The van der Waals surface area contributed by atoms with Gasteiger partial charge in [-0.2, -0.15) is 0 Å². The molecule has 2 fully saturated rings. The van der Waals surface area contributed by atoms with E-state index in [-0.39, 0.29) is 17.9 Å². The predicted octanol–water partition coefficient (Wildman–Crippen LogP) is 0.912. The van der Waals surface area contributed by atoms with Crippen molar-refractivity contribution in [3.05, 3.63) is 0 Å². The van der Waals surface area contributed by atoms with Gasteiger partial charge in [0.1, 0.15) is 0 Å². The largest absolute Gasteiger partial charge is 0.303 e. The zero-order valence-corrected chi connectivity index (χ0v) is 10.2. The van der Waals surface area contributed by atoms with Gasteiger partial charge in [0.25, 0.3) is 0 Å². The summed E-state index contributed by atoms with van der Waals surface area (Å²) in [6, 6.07) is 0.111. The molecular formula is C12H20N2O2. The Morgan fingerprint density at radius 3 is 2.50 bits per heavy atom. The van der Waals surface area contributed by atoms with Gasteiger partial charge in [0.15, 0.2) is 0 Å². The van der Waals surface area contributed by atoms with Gasteiger partial charge in [0, 0.05) is 13.1 Å². The van der Waals surface area contributed by atoms with Crippen molar-refractivity contribution in [1.29, 1.82) is 0 Å². The fraction of sp³-hybridized carbons (Fsp3) is 0.833. The summed E-state index contributed by atoms with van der Waals surface area (Å²) < 4.78 is 0. The van der Waals surface area contributed by atoms with Gasteiger partial charge in [-0.3, -0.25) is 14.5 Å². The van der Waals surface area contributed by atoms with Crippen LogP contribution in [0.4, 0.5) is 0 Å². The highest BCUT2D eigenvalue weighted by Gasteiger charge is 2.39. The Morgan fingerprint density at radius 1 is 1.38 bits per heavy atom. The van der Waals surface area contributed by atoms with Crippen molar-refractivity contribution in [2.45, 2.75) is 51.6 Å². The number of imide groups is 1. The third-order valence-electron chi connectivity index (χ3n) is 3.79. The van der Waals surface area contributed by atoms with Crippen molar-refractivity contribution in [3.63, 3.8) is 0 Å². The molecule has 4 heteroatoms. The van der Waals surface area contributed by atoms with Gasteiger partial charge >= 0.3 is 0 Å². The Bertz CT molecular complexity index is 325. The molecule has 1 heterocycles. The lowest BCUT2D eigenvalue weighted by Gasteiger charge is -2.20. The van der Waals surface area contributed by atoms with Crippen LogP contribution in [0.3, 0.4) is 0 Å². The molecule has 2 amide bonds. The predicted molar refractivity (Wildman–Crippen MR) is 60.7 cm³/mol. The van der Waals surface area contributed by atoms with Gasteiger partial charge in [0.05, 0.1) is 12.5 Å². The van der Waals surface area contributed by atoms with E-state index in [0.29, 0.717) is 17.9 Å². The molecule has 1 saturated carbocycles. The standard InChI is InChI=1S/C12H20N2O2/c1-12(2)5-4-8(7-12)13-9-6-10(15)14(3)11(9)16/h8-9,13H,4-7H2,1-3H3. The zero-order chi connectivity index (χ0) is 11.9. The maximum Gasteiger partial charge on any atom is 0.246 e. The quantitative estimate of drug-likeness (QED) is 0.709. The Kier molecular flexibility index (Phi) is 2.78. The summed E-state index contributed by atoms with van der Waals surface area (Å²) in [5.74, 6) is -0.144. The number of likely N-dealkylation sites (N-methyl/N-ethyl adjacent to an activating group) is 1. The number of hydrogen-bond acceptors (Lipinski definition) is 3. The van der Waals surface area contributed by atoms with Gasteiger partial charge in [-0.1, -0.05) is 13.8 Å². The smallest absolute Gasteiger partial charge is 0.246 e. The van der Waals surface area contributed by atoms with E-state index in [1.807, 2.05) is 0 Å². The lowest BCUT2D eigenvalue weighted by atomic mass is 9.92. The number of nitrogens with zero attached hydrogens (tertiary/aromatic N) is 1. The fourth-order valence-corrected chi connectivity index (χ4v) is 2.75. The summed E-state index contributed by atoms with van der Waals surface area (Å²) in [6.07, 6.45) is 3.71. The molecule has 1 aliphatic carbocycles. The van der Waals surface area contributed by atoms with Gasteiger partial charge in [0.2, 0.25) is 11.8 Å². The molecule has 2 aliphatic rings. The van der Waals surface area contributed by atoms with Crippen molar-refractivity contribution in [1.82, 2.24) is 10.2 Å². The molecule has 2 rings (SSSR count). The second-order valence-electron chi connectivity index (χ2n) is 5.82. The maximum absolute atomic E-state index is 11.7. The highest BCUT2D eigenvalue weighted by molar-refractivity contribution is 6.05. The molecule has 1 aliphatic heterocycles. The van der Waals surface area contributed by atoms with Crippen LogP contribution in [-0.2, 0) is 9.59 Å². The second-order valence-corrected chi connectivity index (χ2v) is 5.82. The van der Waals surface area contributed by atoms with E-state index in [4.69, 9.17) is 0 Å². The number of rotatable bonds is 2. The first kappa shape index (κ1) is 11.6. The molecule has 1 saturated heterocycles. The Balaban J connectivity index is 1.92. The molecule has 0 aromatic heterocycles. The van der Waals surface area contributed by atoms with Crippen LogP contribution in [0.2, 0.25) is 0 Å². The van der Waals surface area contributed by atoms with Crippen molar-refractivity contribution in [3.8, 4) is 0 Å². The number of nitrogens with one attached hydrogen (secondary N) is 1. The van der Waals surface area contributed by atoms with E-state index in [2.05, 4.69) is 19.2 Å². The minimum absolute atomic E-state index is 0.0697. The third-order valence-corrected chi connectivity index (χ3v) is 3.79. The lowest BCUT2D eigenvalue weighted by Crippen LogP contribution is -2.42. The SMILES string of the molecule is CN1C(=O)CC(NC2CCC(C)(C)C2)C1=O. The van der Waals surface area contributed by atoms with Gasteiger partial charge in [-0.05, 0) is 24.7 Å². The van der Waals surface area contributed by atoms with Gasteiger partial charge in [-0.15, -0.1) is 0 Å². The molecule has 0 bridgehead atoms. The van der Waals surface area contributed by atoms with E-state index < -0.39 is 0 Å². The monoisotopic (exact) mass is 224 g/mol. The minimum atomic E-state index is -0.281. The molecule has 16 heavy (non-hydrogen) atoms. The van der Waals surface area contributed by atoms with Crippen molar-refractivity contribution in [2.75, 3.05) is 7.05 Å². The molecule has 90 valence electrons. The van der Waals surface area contributed by atoms with Crippen molar-refractivity contribution in [2.24, 2.45) is 5.41 Å². The number of likely N-dealkylation sites (tertiary alicyclic amines) is 1. The molecule has 1 N–H and O–H groups in total. The first-order valence-electron chi connectivity index (χ1n) is 5.95. The van der Waals surface area contributed by atoms with E-state index in [1.165, 1.54) is 11.3 Å². The molecule has 2 atom stereocenters. The molecule has 0 aromatic rings. The molecule has 0 spiro atoms. The van der Waals surface area contributed by atoms with Crippen molar-refractivity contribution < 1.29 is 9.59 Å². The Labute approximate surface area is 96.4 Å². The summed E-state index contributed by atoms with van der Waals surface area (Å²) in [4.78, 5) is 24.3. The summed E-state index contributed by atoms with van der Waals surface area (Å²) in [6.45, 7) is 4.50. The van der Waals surface area contributed by atoms with Crippen molar-refractivity contribution >= 4 is 11.8 Å². The average molecular weight is 224 g/mol. The summed E-state index contributed by atoms with van der Waals surface area (Å²) in [5.41, 5.74) is 0.370. The highest BCUT2D eigenvalue weighted by Crippen LogP contribution is 2.37. The summed E-state index contributed by atoms with van der Waals surface area (Å²) in [5, 5.41) is 3.33. The topological polar surface area (TPSA) is 49.4 Å². The van der Waals surface area contributed by atoms with Crippen LogP contribution in [0.25, 0.3) is 0 Å². The van der Waals surface area contributed by atoms with E-state index >= 15 is 0 Å². The zero-order valence-electron chi connectivity index (χ0n) is 10.2. The van der Waals surface area contributed by atoms with Crippen LogP contribution in [0.15, 0.2) is 0 Å². The third kappa shape index (κ3) is 2.12. The summed E-state index contributed by atoms with van der Waals surface area (Å²) >= 11 is 0. The number of carbonyl (C=O) groups is 2. The van der Waals surface area contributed by atoms with Crippen LogP contribution in [-0.4, -0.2) is 35.8 Å². The van der Waals surface area contributed by atoms with E-state index in [1.54, 1.807) is 7.05 Å². The highest BCUT2D eigenvalue weighted by atomic mass is 16.2. The van der Waals surface area contributed by atoms with E-state index in [9.17, 15) is 9.59 Å². The molecule has 2 unspecified atom stereocenters. The molecule has 0 radical (unpaired) electrons. The normalized spacial score (nSPS) is 33.8. The van der Waals surface area contributed by atoms with Crippen LogP contribution >= 0.6 is 0 Å². The maximum atomic E-state index is 11.7. The van der Waals surface area contributed by atoms with Gasteiger partial charge < -0.3 is 5.32 Å². The molecule has 0 aromatic carbocycles.